The largest absolute Gasteiger partial charge is 0.439 e. The molecule has 0 aliphatic heterocycles. The molecule has 176 valence electrons. The van der Waals surface area contributed by atoms with Gasteiger partial charge in [-0.1, -0.05) is 37.6 Å². The minimum atomic E-state index is -0.261. The summed E-state index contributed by atoms with van der Waals surface area (Å²) >= 11 is 0. The fourth-order valence-corrected chi connectivity index (χ4v) is 4.00. The van der Waals surface area contributed by atoms with Crippen LogP contribution in [0.3, 0.4) is 0 Å². The lowest BCUT2D eigenvalue weighted by molar-refractivity contribution is 0.0941. The Balaban J connectivity index is 1.41. The summed E-state index contributed by atoms with van der Waals surface area (Å²) in [6.07, 6.45) is 5.18. The highest BCUT2D eigenvalue weighted by atomic mass is 16.5. The van der Waals surface area contributed by atoms with Crippen molar-refractivity contribution < 1.29 is 9.53 Å². The van der Waals surface area contributed by atoms with E-state index in [-0.39, 0.29) is 11.5 Å². The number of amides is 1. The first kappa shape index (κ1) is 22.3. The SMILES string of the molecule is CCCCn1c(C(=O)NCc2cccc(Oc3ccccn3)c2)cc2c(=O)n3ccccc3nc21. The molecular weight excluding hydrogens is 442 g/mol. The van der Waals surface area contributed by atoms with Gasteiger partial charge in [0.25, 0.3) is 11.5 Å². The van der Waals surface area contributed by atoms with Crippen LogP contribution < -0.4 is 15.6 Å². The molecule has 0 unspecified atom stereocenters. The molecule has 35 heavy (non-hydrogen) atoms. The number of aromatic nitrogens is 4. The van der Waals surface area contributed by atoms with Crippen molar-refractivity contribution in [2.24, 2.45) is 0 Å². The van der Waals surface area contributed by atoms with Gasteiger partial charge in [-0.2, -0.15) is 0 Å². The number of rotatable bonds is 8. The molecule has 0 saturated carbocycles. The van der Waals surface area contributed by atoms with E-state index in [9.17, 15) is 9.59 Å². The van der Waals surface area contributed by atoms with Crippen molar-refractivity contribution >= 4 is 22.6 Å². The Bertz CT molecular complexity index is 1560. The van der Waals surface area contributed by atoms with Crippen LogP contribution in [0.15, 0.2) is 83.9 Å². The minimum absolute atomic E-state index is 0.186. The van der Waals surface area contributed by atoms with E-state index in [1.165, 1.54) is 4.40 Å². The molecule has 8 nitrogen and oxygen atoms in total. The number of benzene rings is 1. The van der Waals surface area contributed by atoms with Crippen LogP contribution in [-0.2, 0) is 13.1 Å². The molecule has 8 heteroatoms. The predicted molar refractivity (Wildman–Crippen MR) is 134 cm³/mol. The van der Waals surface area contributed by atoms with Crippen LogP contribution in [-0.4, -0.2) is 24.8 Å². The third-order valence-electron chi connectivity index (χ3n) is 5.76. The lowest BCUT2D eigenvalue weighted by Gasteiger charge is -2.11. The number of aryl methyl sites for hydroxylation is 1. The van der Waals surface area contributed by atoms with Crippen molar-refractivity contribution in [1.29, 1.82) is 0 Å². The number of hydrogen-bond acceptors (Lipinski definition) is 5. The summed E-state index contributed by atoms with van der Waals surface area (Å²) in [5.41, 5.74) is 2.21. The van der Waals surface area contributed by atoms with Gasteiger partial charge in [0.05, 0.1) is 5.39 Å². The number of nitrogens with one attached hydrogen (secondary N) is 1. The van der Waals surface area contributed by atoms with Crippen molar-refractivity contribution in [2.75, 3.05) is 0 Å². The van der Waals surface area contributed by atoms with Gasteiger partial charge < -0.3 is 14.6 Å². The maximum Gasteiger partial charge on any atom is 0.268 e. The van der Waals surface area contributed by atoms with Crippen molar-refractivity contribution in [2.45, 2.75) is 32.9 Å². The van der Waals surface area contributed by atoms with E-state index in [0.717, 1.165) is 18.4 Å². The molecule has 1 aromatic carbocycles. The first-order valence-corrected chi connectivity index (χ1v) is 11.6. The van der Waals surface area contributed by atoms with E-state index in [0.29, 0.717) is 47.1 Å². The van der Waals surface area contributed by atoms with Crippen LogP contribution in [0.1, 0.15) is 35.8 Å². The number of fused-ring (bicyclic) bond motifs is 2. The quantitative estimate of drug-likeness (QED) is 0.361. The fraction of sp³-hybridized carbons (Fsp3) is 0.185. The number of hydrogen-bond donors (Lipinski definition) is 1. The third-order valence-corrected chi connectivity index (χ3v) is 5.76. The highest BCUT2D eigenvalue weighted by Crippen LogP contribution is 2.21. The summed E-state index contributed by atoms with van der Waals surface area (Å²) in [4.78, 5) is 35.2. The zero-order valence-electron chi connectivity index (χ0n) is 19.3. The molecule has 0 saturated heterocycles. The molecule has 4 heterocycles. The average molecular weight is 468 g/mol. The highest BCUT2D eigenvalue weighted by molar-refractivity contribution is 5.98. The second kappa shape index (κ2) is 9.80. The van der Waals surface area contributed by atoms with Crippen molar-refractivity contribution in [3.63, 3.8) is 0 Å². The fourth-order valence-electron chi connectivity index (χ4n) is 4.00. The van der Waals surface area contributed by atoms with E-state index >= 15 is 0 Å². The lowest BCUT2D eigenvalue weighted by Crippen LogP contribution is -2.25. The van der Waals surface area contributed by atoms with Gasteiger partial charge in [0, 0.05) is 31.5 Å². The molecule has 0 spiro atoms. The second-order valence-corrected chi connectivity index (χ2v) is 8.22. The number of carbonyl (C=O) groups is 1. The van der Waals surface area contributed by atoms with E-state index in [1.807, 2.05) is 47.0 Å². The Morgan fingerprint density at radius 2 is 1.94 bits per heavy atom. The van der Waals surface area contributed by atoms with Crippen LogP contribution in [0.5, 0.6) is 11.6 Å². The smallest absolute Gasteiger partial charge is 0.268 e. The van der Waals surface area contributed by atoms with Crippen LogP contribution in [0.4, 0.5) is 0 Å². The summed E-state index contributed by atoms with van der Waals surface area (Å²) in [5, 5.41) is 3.41. The Morgan fingerprint density at radius 1 is 1.06 bits per heavy atom. The maximum atomic E-state index is 13.2. The molecule has 0 aliphatic carbocycles. The Labute approximate surface area is 201 Å². The van der Waals surface area contributed by atoms with Gasteiger partial charge in [-0.25, -0.2) is 9.97 Å². The van der Waals surface area contributed by atoms with E-state index in [1.54, 1.807) is 36.7 Å². The normalized spacial score (nSPS) is 11.1. The molecule has 0 radical (unpaired) electrons. The van der Waals surface area contributed by atoms with Crippen LogP contribution >= 0.6 is 0 Å². The van der Waals surface area contributed by atoms with Gasteiger partial charge in [0.1, 0.15) is 22.7 Å². The molecule has 5 rings (SSSR count). The van der Waals surface area contributed by atoms with Gasteiger partial charge in [-0.15, -0.1) is 0 Å². The van der Waals surface area contributed by atoms with Crippen LogP contribution in [0, 0.1) is 0 Å². The van der Waals surface area contributed by atoms with Gasteiger partial charge in [0.15, 0.2) is 0 Å². The maximum absolute atomic E-state index is 13.2. The Kier molecular flexibility index (Phi) is 6.26. The van der Waals surface area contributed by atoms with Gasteiger partial charge in [0.2, 0.25) is 5.88 Å². The molecular formula is C27H25N5O3. The predicted octanol–water partition coefficient (Wildman–Crippen LogP) is 4.57. The Morgan fingerprint density at radius 3 is 2.77 bits per heavy atom. The van der Waals surface area contributed by atoms with Crippen LogP contribution in [0.2, 0.25) is 0 Å². The molecule has 1 N–H and O–H groups in total. The topological polar surface area (TPSA) is 90.5 Å². The van der Waals surface area contributed by atoms with E-state index < -0.39 is 0 Å². The Hall–Kier alpha value is -4.46. The monoisotopic (exact) mass is 467 g/mol. The molecule has 0 atom stereocenters. The summed E-state index contributed by atoms with van der Waals surface area (Å²) in [5.74, 6) is 0.875. The minimum Gasteiger partial charge on any atom is -0.439 e. The lowest BCUT2D eigenvalue weighted by atomic mass is 10.2. The number of nitrogens with zero attached hydrogens (tertiary/aromatic N) is 4. The highest BCUT2D eigenvalue weighted by Gasteiger charge is 2.19. The average Bonchev–Trinajstić information content (AvgIpc) is 3.25. The number of ether oxygens (including phenoxy) is 1. The second-order valence-electron chi connectivity index (χ2n) is 8.22. The van der Waals surface area contributed by atoms with Gasteiger partial charge in [-0.3, -0.25) is 14.0 Å². The first-order valence-electron chi connectivity index (χ1n) is 11.6. The van der Waals surface area contributed by atoms with Crippen molar-refractivity contribution in [3.8, 4) is 11.6 Å². The molecule has 4 aromatic heterocycles. The number of pyridine rings is 2. The molecule has 0 aliphatic rings. The number of carbonyl (C=O) groups excluding carboxylic acids is 1. The third kappa shape index (κ3) is 4.63. The van der Waals surface area contributed by atoms with Gasteiger partial charge in [-0.05, 0) is 48.4 Å². The molecule has 0 bridgehead atoms. The van der Waals surface area contributed by atoms with Gasteiger partial charge >= 0.3 is 0 Å². The van der Waals surface area contributed by atoms with Crippen LogP contribution in [0.25, 0.3) is 16.7 Å². The first-order chi connectivity index (χ1) is 17.1. The molecule has 1 amide bonds. The summed E-state index contributed by atoms with van der Waals surface area (Å²) in [6, 6.07) is 20.0. The summed E-state index contributed by atoms with van der Waals surface area (Å²) in [6.45, 7) is 3.00. The van der Waals surface area contributed by atoms with Crippen molar-refractivity contribution in [3.05, 3.63) is 101 Å². The zero-order chi connectivity index (χ0) is 24.2. The zero-order valence-corrected chi connectivity index (χ0v) is 19.3. The van der Waals surface area contributed by atoms with E-state index in [2.05, 4.69) is 22.2 Å². The van der Waals surface area contributed by atoms with Crippen molar-refractivity contribution in [1.82, 2.24) is 24.3 Å². The summed E-state index contributed by atoms with van der Waals surface area (Å²) in [7, 11) is 0. The van der Waals surface area contributed by atoms with E-state index in [4.69, 9.17) is 4.74 Å². The standard InChI is InChI=1S/C27H25N5O3/c1-2-3-14-31-22(17-21-25(31)30-23-11-5-7-15-32(23)27(21)34)26(33)29-18-19-9-8-10-20(16-19)35-24-12-4-6-13-28-24/h4-13,15-17H,2-3,14,18H2,1H3,(H,29,33). The molecule has 5 aromatic rings. The molecule has 0 fully saturated rings. The summed E-state index contributed by atoms with van der Waals surface area (Å²) < 4.78 is 9.14. The number of unbranched alkanes of at least 4 members (excludes halogenated alkanes) is 1.